The highest BCUT2D eigenvalue weighted by Crippen LogP contribution is 2.24. The quantitative estimate of drug-likeness (QED) is 0.760. The first-order valence-corrected chi connectivity index (χ1v) is 7.47. The first-order valence-electron chi connectivity index (χ1n) is 7.47. The zero-order valence-electron chi connectivity index (χ0n) is 12.7. The molecule has 0 aromatic heterocycles. The molecule has 1 heterocycles. The SMILES string of the molecule is CC(C)CCC(C)(CN)N(C)CC1CCCOC1. The predicted molar refractivity (Wildman–Crippen MR) is 77.7 cm³/mol. The second kappa shape index (κ2) is 7.46. The van der Waals surface area contributed by atoms with E-state index in [2.05, 4.69) is 32.7 Å². The van der Waals surface area contributed by atoms with Gasteiger partial charge in [0, 0.05) is 25.2 Å². The Morgan fingerprint density at radius 1 is 1.44 bits per heavy atom. The molecule has 3 nitrogen and oxygen atoms in total. The molecule has 18 heavy (non-hydrogen) atoms. The summed E-state index contributed by atoms with van der Waals surface area (Å²) in [4.78, 5) is 2.47. The molecule has 1 aliphatic heterocycles. The second-order valence-electron chi connectivity index (χ2n) is 6.60. The Hall–Kier alpha value is -0.120. The summed E-state index contributed by atoms with van der Waals surface area (Å²) in [6.07, 6.45) is 4.95. The third-order valence-corrected chi connectivity index (χ3v) is 4.41. The van der Waals surface area contributed by atoms with Crippen LogP contribution in [0.2, 0.25) is 0 Å². The van der Waals surface area contributed by atoms with Crippen molar-refractivity contribution in [2.75, 3.05) is 33.4 Å². The first kappa shape index (κ1) is 15.9. The van der Waals surface area contributed by atoms with Crippen LogP contribution in [-0.4, -0.2) is 43.8 Å². The fraction of sp³-hybridized carbons (Fsp3) is 1.00. The number of nitrogens with zero attached hydrogens (tertiary/aromatic N) is 1. The summed E-state index contributed by atoms with van der Waals surface area (Å²) >= 11 is 0. The molecule has 1 saturated heterocycles. The van der Waals surface area contributed by atoms with Gasteiger partial charge in [-0.05, 0) is 51.5 Å². The summed E-state index contributed by atoms with van der Waals surface area (Å²) in [5.41, 5.74) is 6.17. The third-order valence-electron chi connectivity index (χ3n) is 4.41. The molecule has 1 aliphatic rings. The van der Waals surface area contributed by atoms with E-state index in [-0.39, 0.29) is 5.54 Å². The van der Waals surface area contributed by atoms with Gasteiger partial charge in [-0.3, -0.25) is 4.90 Å². The minimum Gasteiger partial charge on any atom is -0.381 e. The van der Waals surface area contributed by atoms with E-state index >= 15 is 0 Å². The molecule has 2 unspecified atom stereocenters. The van der Waals surface area contributed by atoms with Crippen LogP contribution in [0.1, 0.15) is 46.5 Å². The van der Waals surface area contributed by atoms with E-state index in [0.29, 0.717) is 5.92 Å². The Bertz CT molecular complexity index is 227. The number of likely N-dealkylation sites (N-methyl/N-ethyl adjacent to an activating group) is 1. The highest BCUT2D eigenvalue weighted by molar-refractivity contribution is 4.87. The highest BCUT2D eigenvalue weighted by atomic mass is 16.5. The molecule has 2 atom stereocenters. The molecule has 1 rings (SSSR count). The van der Waals surface area contributed by atoms with Crippen molar-refractivity contribution in [3.63, 3.8) is 0 Å². The smallest absolute Gasteiger partial charge is 0.0506 e. The molecule has 1 fully saturated rings. The fourth-order valence-electron chi connectivity index (χ4n) is 2.61. The van der Waals surface area contributed by atoms with Gasteiger partial charge in [0.05, 0.1) is 6.61 Å². The van der Waals surface area contributed by atoms with Crippen molar-refractivity contribution in [1.82, 2.24) is 4.90 Å². The molecule has 0 aliphatic carbocycles. The number of ether oxygens (including phenoxy) is 1. The van der Waals surface area contributed by atoms with Crippen LogP contribution in [0.15, 0.2) is 0 Å². The van der Waals surface area contributed by atoms with Crippen LogP contribution in [0.3, 0.4) is 0 Å². The topological polar surface area (TPSA) is 38.5 Å². The van der Waals surface area contributed by atoms with E-state index in [1.165, 1.54) is 25.7 Å². The van der Waals surface area contributed by atoms with Crippen LogP contribution in [-0.2, 0) is 4.74 Å². The van der Waals surface area contributed by atoms with Crippen LogP contribution in [0.25, 0.3) is 0 Å². The summed E-state index contributed by atoms with van der Waals surface area (Å²) in [6, 6.07) is 0. The fourth-order valence-corrected chi connectivity index (χ4v) is 2.61. The van der Waals surface area contributed by atoms with Gasteiger partial charge >= 0.3 is 0 Å². The van der Waals surface area contributed by atoms with E-state index in [4.69, 9.17) is 10.5 Å². The van der Waals surface area contributed by atoms with Gasteiger partial charge in [0.25, 0.3) is 0 Å². The lowest BCUT2D eigenvalue weighted by Crippen LogP contribution is -2.52. The number of hydrogen-bond donors (Lipinski definition) is 1. The standard InChI is InChI=1S/C15H32N2O/c1-13(2)7-8-15(3,12-16)17(4)10-14-6-5-9-18-11-14/h13-14H,5-12,16H2,1-4H3. The molecule has 0 aromatic rings. The average Bonchev–Trinajstić information content (AvgIpc) is 2.37. The van der Waals surface area contributed by atoms with Crippen molar-refractivity contribution >= 4 is 0 Å². The molecule has 3 heteroatoms. The van der Waals surface area contributed by atoms with Gasteiger partial charge in [0.2, 0.25) is 0 Å². The lowest BCUT2D eigenvalue weighted by Gasteiger charge is -2.41. The van der Waals surface area contributed by atoms with E-state index in [1.807, 2.05) is 0 Å². The molecule has 0 amide bonds. The summed E-state index contributed by atoms with van der Waals surface area (Å²) in [6.45, 7) is 10.6. The molecule has 0 aromatic carbocycles. The molecular formula is C15H32N2O. The lowest BCUT2D eigenvalue weighted by atomic mass is 9.89. The van der Waals surface area contributed by atoms with Crippen molar-refractivity contribution in [1.29, 1.82) is 0 Å². The molecule has 0 bridgehead atoms. The van der Waals surface area contributed by atoms with E-state index in [0.717, 1.165) is 32.2 Å². The van der Waals surface area contributed by atoms with Crippen LogP contribution in [0, 0.1) is 11.8 Å². The van der Waals surface area contributed by atoms with Gasteiger partial charge in [-0.1, -0.05) is 13.8 Å². The lowest BCUT2D eigenvalue weighted by molar-refractivity contribution is 0.0212. The van der Waals surface area contributed by atoms with Crippen molar-refractivity contribution in [2.24, 2.45) is 17.6 Å². The zero-order valence-corrected chi connectivity index (χ0v) is 12.7. The van der Waals surface area contributed by atoms with Crippen LogP contribution in [0.5, 0.6) is 0 Å². The number of hydrogen-bond acceptors (Lipinski definition) is 3. The third kappa shape index (κ3) is 4.87. The van der Waals surface area contributed by atoms with Gasteiger partial charge in [-0.2, -0.15) is 0 Å². The van der Waals surface area contributed by atoms with Crippen LogP contribution in [0.4, 0.5) is 0 Å². The van der Waals surface area contributed by atoms with Crippen LogP contribution >= 0.6 is 0 Å². The normalized spacial score (nSPS) is 24.5. The van der Waals surface area contributed by atoms with Crippen molar-refractivity contribution in [2.45, 2.75) is 52.0 Å². The van der Waals surface area contributed by atoms with Gasteiger partial charge in [0.1, 0.15) is 0 Å². The maximum Gasteiger partial charge on any atom is 0.0506 e. The Morgan fingerprint density at radius 3 is 2.67 bits per heavy atom. The first-order chi connectivity index (χ1) is 8.48. The highest BCUT2D eigenvalue weighted by Gasteiger charge is 2.29. The van der Waals surface area contributed by atoms with Gasteiger partial charge in [-0.25, -0.2) is 0 Å². The number of rotatable bonds is 7. The van der Waals surface area contributed by atoms with Crippen LogP contribution < -0.4 is 5.73 Å². The van der Waals surface area contributed by atoms with E-state index < -0.39 is 0 Å². The summed E-state index contributed by atoms with van der Waals surface area (Å²) in [5, 5.41) is 0. The van der Waals surface area contributed by atoms with E-state index in [9.17, 15) is 0 Å². The summed E-state index contributed by atoms with van der Waals surface area (Å²) < 4.78 is 5.57. The van der Waals surface area contributed by atoms with Crippen molar-refractivity contribution < 1.29 is 4.74 Å². The minimum absolute atomic E-state index is 0.141. The van der Waals surface area contributed by atoms with Gasteiger partial charge in [0.15, 0.2) is 0 Å². The molecular weight excluding hydrogens is 224 g/mol. The van der Waals surface area contributed by atoms with Crippen molar-refractivity contribution in [3.05, 3.63) is 0 Å². The molecule has 0 saturated carbocycles. The zero-order chi connectivity index (χ0) is 13.6. The Labute approximate surface area is 113 Å². The van der Waals surface area contributed by atoms with Crippen molar-refractivity contribution in [3.8, 4) is 0 Å². The maximum absolute atomic E-state index is 6.03. The van der Waals surface area contributed by atoms with Gasteiger partial charge in [-0.15, -0.1) is 0 Å². The summed E-state index contributed by atoms with van der Waals surface area (Å²) in [5.74, 6) is 1.44. The second-order valence-corrected chi connectivity index (χ2v) is 6.60. The Balaban J connectivity index is 2.45. The number of nitrogens with two attached hydrogens (primary N) is 1. The predicted octanol–water partition coefficient (Wildman–Crippen LogP) is 2.50. The maximum atomic E-state index is 6.03. The molecule has 0 spiro atoms. The molecule has 108 valence electrons. The summed E-state index contributed by atoms with van der Waals surface area (Å²) in [7, 11) is 2.22. The van der Waals surface area contributed by atoms with E-state index in [1.54, 1.807) is 0 Å². The molecule has 2 N–H and O–H groups in total. The molecule has 0 radical (unpaired) electrons. The Morgan fingerprint density at radius 2 is 2.17 bits per heavy atom. The monoisotopic (exact) mass is 256 g/mol. The average molecular weight is 256 g/mol. The van der Waals surface area contributed by atoms with Gasteiger partial charge < -0.3 is 10.5 Å². The minimum atomic E-state index is 0.141. The largest absolute Gasteiger partial charge is 0.381 e. The Kier molecular flexibility index (Phi) is 6.61.